The van der Waals surface area contributed by atoms with E-state index >= 15 is 0 Å². The van der Waals surface area contributed by atoms with Gasteiger partial charge in [-0.05, 0) is 48.4 Å². The monoisotopic (exact) mass is 400 g/mol. The quantitative estimate of drug-likeness (QED) is 0.637. The van der Waals surface area contributed by atoms with E-state index in [9.17, 15) is 4.79 Å². The Hall–Kier alpha value is -3.34. The third-order valence-corrected chi connectivity index (χ3v) is 5.92. The van der Waals surface area contributed by atoms with Crippen molar-refractivity contribution < 1.29 is 4.79 Å². The van der Waals surface area contributed by atoms with Crippen molar-refractivity contribution in [3.63, 3.8) is 0 Å². The predicted octanol–water partition coefficient (Wildman–Crippen LogP) is 4.57. The highest BCUT2D eigenvalue weighted by Gasteiger charge is 2.44. The average molecular weight is 401 g/mol. The Kier molecular flexibility index (Phi) is 5.44. The summed E-state index contributed by atoms with van der Waals surface area (Å²) < 4.78 is 0. The van der Waals surface area contributed by atoms with Crippen LogP contribution < -0.4 is 15.5 Å². The van der Waals surface area contributed by atoms with E-state index in [2.05, 4.69) is 65.6 Å². The minimum Gasteiger partial charge on any atom is -0.380 e. The molecule has 2 heterocycles. The van der Waals surface area contributed by atoms with Crippen molar-refractivity contribution in [2.45, 2.75) is 38.9 Å². The van der Waals surface area contributed by atoms with Crippen LogP contribution in [-0.4, -0.2) is 23.6 Å². The van der Waals surface area contributed by atoms with E-state index in [1.54, 1.807) is 12.4 Å². The fourth-order valence-electron chi connectivity index (χ4n) is 4.29. The van der Waals surface area contributed by atoms with E-state index in [1.165, 1.54) is 11.3 Å². The maximum atomic E-state index is 13.3. The Morgan fingerprint density at radius 1 is 1.03 bits per heavy atom. The van der Waals surface area contributed by atoms with Gasteiger partial charge in [0.2, 0.25) is 0 Å². The number of nitrogens with zero attached hydrogens (tertiary/aromatic N) is 2. The topological polar surface area (TPSA) is 57.3 Å². The largest absolute Gasteiger partial charge is 0.380 e. The lowest BCUT2D eigenvalue weighted by Crippen LogP contribution is -2.53. The molecular formula is C25H28N4O. The van der Waals surface area contributed by atoms with Gasteiger partial charge >= 0.3 is 0 Å². The molecule has 1 atom stereocenters. The molecule has 1 aliphatic heterocycles. The first-order valence-corrected chi connectivity index (χ1v) is 10.4. The van der Waals surface area contributed by atoms with Gasteiger partial charge in [-0.1, -0.05) is 44.2 Å². The molecule has 1 unspecified atom stereocenters. The van der Waals surface area contributed by atoms with Crippen LogP contribution in [0.3, 0.4) is 0 Å². The van der Waals surface area contributed by atoms with Crippen molar-refractivity contribution in [2.75, 3.05) is 16.8 Å². The number of hydrogen-bond donors (Lipinski definition) is 2. The molecule has 2 aromatic carbocycles. The predicted molar refractivity (Wildman–Crippen MR) is 122 cm³/mol. The van der Waals surface area contributed by atoms with Gasteiger partial charge in [0.25, 0.3) is 5.91 Å². The number of rotatable bonds is 6. The number of carbonyl (C=O) groups is 1. The van der Waals surface area contributed by atoms with E-state index in [-0.39, 0.29) is 17.5 Å². The van der Waals surface area contributed by atoms with Gasteiger partial charge in [0.05, 0.1) is 5.56 Å². The minimum absolute atomic E-state index is 0.0721. The van der Waals surface area contributed by atoms with Crippen molar-refractivity contribution in [1.82, 2.24) is 10.3 Å². The van der Waals surface area contributed by atoms with Crippen molar-refractivity contribution in [1.29, 1.82) is 0 Å². The number of anilines is 2. The summed E-state index contributed by atoms with van der Waals surface area (Å²) in [5.41, 5.74) is 4.85. The number of para-hydroxylation sites is 2. The molecule has 0 aliphatic carbocycles. The molecule has 0 radical (unpaired) electrons. The van der Waals surface area contributed by atoms with Gasteiger partial charge in [0.15, 0.2) is 0 Å². The second-order valence-corrected chi connectivity index (χ2v) is 8.16. The van der Waals surface area contributed by atoms with Crippen LogP contribution in [0.25, 0.3) is 0 Å². The van der Waals surface area contributed by atoms with E-state index < -0.39 is 0 Å². The smallest absolute Gasteiger partial charge is 0.254 e. The molecule has 1 aliphatic rings. The average Bonchev–Trinajstić information content (AvgIpc) is 2.99. The van der Waals surface area contributed by atoms with Gasteiger partial charge in [-0.15, -0.1) is 0 Å². The molecule has 1 amide bonds. The number of fused-ring (bicyclic) bond motifs is 1. The normalized spacial score (nSPS) is 16.8. The SMILES string of the molecule is CCN1c2ccccc2C(C)(C)C1NC(=O)c1ccccc1NCc1ccncc1. The second kappa shape index (κ2) is 8.19. The van der Waals surface area contributed by atoms with Crippen molar-refractivity contribution in [3.05, 3.63) is 89.7 Å². The molecule has 0 saturated carbocycles. The first-order valence-electron chi connectivity index (χ1n) is 10.4. The van der Waals surface area contributed by atoms with E-state index in [0.29, 0.717) is 12.1 Å². The number of amides is 1. The maximum absolute atomic E-state index is 13.3. The summed E-state index contributed by atoms with van der Waals surface area (Å²) in [7, 11) is 0. The summed E-state index contributed by atoms with van der Waals surface area (Å²) in [6.07, 6.45) is 3.43. The Morgan fingerprint density at radius 3 is 2.50 bits per heavy atom. The van der Waals surface area contributed by atoms with Gasteiger partial charge < -0.3 is 15.5 Å². The van der Waals surface area contributed by atoms with Gasteiger partial charge in [0.1, 0.15) is 6.17 Å². The summed E-state index contributed by atoms with van der Waals surface area (Å²) >= 11 is 0. The highest BCUT2D eigenvalue weighted by molar-refractivity contribution is 6.00. The molecule has 30 heavy (non-hydrogen) atoms. The van der Waals surface area contributed by atoms with Crippen molar-refractivity contribution >= 4 is 17.3 Å². The lowest BCUT2D eigenvalue weighted by Gasteiger charge is -2.34. The van der Waals surface area contributed by atoms with Crippen molar-refractivity contribution in [3.8, 4) is 0 Å². The third kappa shape index (κ3) is 3.63. The molecule has 154 valence electrons. The zero-order chi connectivity index (χ0) is 21.1. The number of carbonyl (C=O) groups excluding carboxylic acids is 1. The Morgan fingerprint density at radius 2 is 1.73 bits per heavy atom. The Balaban J connectivity index is 1.56. The van der Waals surface area contributed by atoms with Crippen LogP contribution in [0.4, 0.5) is 11.4 Å². The lowest BCUT2D eigenvalue weighted by molar-refractivity contribution is 0.0922. The zero-order valence-electron chi connectivity index (χ0n) is 17.7. The summed E-state index contributed by atoms with van der Waals surface area (Å²) in [5, 5.41) is 6.71. The van der Waals surface area contributed by atoms with E-state index in [4.69, 9.17) is 0 Å². The van der Waals surface area contributed by atoms with Crippen LogP contribution in [0.1, 0.15) is 42.3 Å². The highest BCUT2D eigenvalue weighted by Crippen LogP contribution is 2.43. The molecule has 0 bridgehead atoms. The van der Waals surface area contributed by atoms with Crippen molar-refractivity contribution in [2.24, 2.45) is 0 Å². The van der Waals surface area contributed by atoms with Crippen LogP contribution in [0.5, 0.6) is 0 Å². The van der Waals surface area contributed by atoms with Crippen LogP contribution in [0, 0.1) is 0 Å². The first kappa shape index (κ1) is 20.0. The molecule has 2 N–H and O–H groups in total. The molecule has 5 nitrogen and oxygen atoms in total. The lowest BCUT2D eigenvalue weighted by atomic mass is 9.84. The van der Waals surface area contributed by atoms with Gasteiger partial charge in [-0.25, -0.2) is 0 Å². The number of likely N-dealkylation sites (N-methyl/N-ethyl adjacent to an activating group) is 1. The summed E-state index contributed by atoms with van der Waals surface area (Å²) in [6, 6.07) is 20.0. The molecule has 5 heteroatoms. The van der Waals surface area contributed by atoms with Crippen LogP contribution in [-0.2, 0) is 12.0 Å². The van der Waals surface area contributed by atoms with E-state index in [0.717, 1.165) is 17.8 Å². The molecule has 3 aromatic rings. The third-order valence-electron chi connectivity index (χ3n) is 5.92. The fourth-order valence-corrected chi connectivity index (χ4v) is 4.29. The van der Waals surface area contributed by atoms with E-state index in [1.807, 2.05) is 36.4 Å². The maximum Gasteiger partial charge on any atom is 0.254 e. The second-order valence-electron chi connectivity index (χ2n) is 8.16. The molecular weight excluding hydrogens is 372 g/mol. The molecule has 0 fully saturated rings. The number of nitrogens with one attached hydrogen (secondary N) is 2. The number of hydrogen-bond acceptors (Lipinski definition) is 4. The van der Waals surface area contributed by atoms with Gasteiger partial charge in [0, 0.05) is 42.3 Å². The summed E-state index contributed by atoms with van der Waals surface area (Å²) in [6.45, 7) is 7.98. The first-order chi connectivity index (χ1) is 14.5. The van der Waals surface area contributed by atoms with Gasteiger partial charge in [-0.2, -0.15) is 0 Å². The Bertz CT molecular complexity index is 1030. The molecule has 0 saturated heterocycles. The summed E-state index contributed by atoms with van der Waals surface area (Å²) in [4.78, 5) is 19.7. The highest BCUT2D eigenvalue weighted by atomic mass is 16.2. The molecule has 4 rings (SSSR count). The zero-order valence-corrected chi connectivity index (χ0v) is 17.7. The van der Waals surface area contributed by atoms with Crippen LogP contribution in [0.2, 0.25) is 0 Å². The number of aromatic nitrogens is 1. The minimum atomic E-state index is -0.193. The number of pyridine rings is 1. The van der Waals surface area contributed by atoms with Crippen LogP contribution in [0.15, 0.2) is 73.1 Å². The number of benzene rings is 2. The van der Waals surface area contributed by atoms with Crippen LogP contribution >= 0.6 is 0 Å². The van der Waals surface area contributed by atoms with Gasteiger partial charge in [-0.3, -0.25) is 9.78 Å². The fraction of sp³-hybridized carbons (Fsp3) is 0.280. The Labute approximate surface area is 178 Å². The standard InChI is InChI=1S/C25H28N4O/c1-4-29-22-12-8-6-10-20(22)25(2,3)24(29)28-23(30)19-9-5-7-11-21(19)27-17-18-13-15-26-16-14-18/h5-16,24,27H,4,17H2,1-3H3,(H,28,30). The molecule has 0 spiro atoms. The molecule has 1 aromatic heterocycles. The summed E-state index contributed by atoms with van der Waals surface area (Å²) in [5.74, 6) is -0.0721.